The summed E-state index contributed by atoms with van der Waals surface area (Å²) in [5.74, 6) is -3.63. The fraction of sp³-hybridized carbons (Fsp3) is 0.312. The van der Waals surface area contributed by atoms with Crippen molar-refractivity contribution in [2.45, 2.75) is 32.5 Å². The third-order valence-electron chi connectivity index (χ3n) is 3.08. The molecule has 0 saturated carbocycles. The second-order valence-corrected chi connectivity index (χ2v) is 5.47. The molecule has 2 rings (SSSR count). The number of hydrogen-bond donors (Lipinski definition) is 2. The summed E-state index contributed by atoms with van der Waals surface area (Å²) < 4.78 is 9.95. The fourth-order valence-corrected chi connectivity index (χ4v) is 1.95. The van der Waals surface area contributed by atoms with Crippen LogP contribution in [0, 0.1) is 0 Å². The van der Waals surface area contributed by atoms with Gasteiger partial charge in [0, 0.05) is 32.2 Å². The van der Waals surface area contributed by atoms with Crippen LogP contribution in [0.4, 0.5) is 5.69 Å². The third kappa shape index (κ3) is 4.57. The van der Waals surface area contributed by atoms with Crippen LogP contribution in [0.25, 0.3) is 0 Å². The number of carboxylic acid groups (broad SMARTS) is 1. The van der Waals surface area contributed by atoms with Crippen LogP contribution in [-0.4, -0.2) is 28.8 Å². The SMILES string of the molecule is CC1(C)OC(=O)C(=CNc2ccc(CCC(=O)O)cc2)C(=O)O1. The molecule has 1 aliphatic heterocycles. The predicted octanol–water partition coefficient (Wildman–Crippen LogP) is 1.84. The number of anilines is 1. The average molecular weight is 319 g/mol. The number of hydrogen-bond acceptors (Lipinski definition) is 6. The van der Waals surface area contributed by atoms with Gasteiger partial charge in [-0.1, -0.05) is 12.1 Å². The molecule has 0 atom stereocenters. The van der Waals surface area contributed by atoms with Crippen molar-refractivity contribution in [1.29, 1.82) is 0 Å². The van der Waals surface area contributed by atoms with Crippen LogP contribution >= 0.6 is 0 Å². The number of benzene rings is 1. The molecule has 2 N–H and O–H groups in total. The second kappa shape index (κ2) is 6.51. The lowest BCUT2D eigenvalue weighted by molar-refractivity contribution is -0.222. The lowest BCUT2D eigenvalue weighted by Crippen LogP contribution is -2.42. The molecule has 1 aliphatic rings. The molecular formula is C16H17NO6. The molecule has 1 fully saturated rings. The summed E-state index contributed by atoms with van der Waals surface area (Å²) in [5.41, 5.74) is 1.30. The first-order valence-electron chi connectivity index (χ1n) is 7.01. The summed E-state index contributed by atoms with van der Waals surface area (Å²) in [4.78, 5) is 34.0. The minimum absolute atomic E-state index is 0.0598. The van der Waals surface area contributed by atoms with Gasteiger partial charge in [0.1, 0.15) is 0 Å². The average Bonchev–Trinajstić information content (AvgIpc) is 2.44. The number of carbonyl (C=O) groups excluding carboxylic acids is 2. The van der Waals surface area contributed by atoms with Gasteiger partial charge in [-0.25, -0.2) is 9.59 Å². The van der Waals surface area contributed by atoms with Gasteiger partial charge in [0.25, 0.3) is 5.79 Å². The highest BCUT2D eigenvalue weighted by Gasteiger charge is 2.38. The molecule has 122 valence electrons. The molecule has 23 heavy (non-hydrogen) atoms. The number of nitrogens with one attached hydrogen (secondary N) is 1. The Balaban J connectivity index is 2.01. The largest absolute Gasteiger partial charge is 0.481 e. The minimum atomic E-state index is -1.27. The molecular weight excluding hydrogens is 302 g/mol. The van der Waals surface area contributed by atoms with Gasteiger partial charge in [-0.15, -0.1) is 0 Å². The number of ether oxygens (including phenoxy) is 2. The van der Waals surface area contributed by atoms with E-state index in [1.165, 1.54) is 20.0 Å². The van der Waals surface area contributed by atoms with Crippen molar-refractivity contribution < 1.29 is 29.0 Å². The zero-order valence-electron chi connectivity index (χ0n) is 12.8. The van der Waals surface area contributed by atoms with E-state index in [-0.39, 0.29) is 12.0 Å². The van der Waals surface area contributed by atoms with Gasteiger partial charge in [0.05, 0.1) is 0 Å². The topological polar surface area (TPSA) is 102 Å². The fourth-order valence-electron chi connectivity index (χ4n) is 1.95. The molecule has 0 bridgehead atoms. The Hall–Kier alpha value is -2.83. The van der Waals surface area contributed by atoms with Crippen molar-refractivity contribution in [3.8, 4) is 0 Å². The molecule has 0 aliphatic carbocycles. The van der Waals surface area contributed by atoms with E-state index in [0.717, 1.165) is 5.56 Å². The number of carboxylic acids is 1. The monoisotopic (exact) mass is 319 g/mol. The van der Waals surface area contributed by atoms with Gasteiger partial charge in [-0.05, 0) is 24.1 Å². The summed E-state index contributed by atoms with van der Waals surface area (Å²) in [6.45, 7) is 2.95. The summed E-state index contributed by atoms with van der Waals surface area (Å²) in [6, 6.07) is 6.98. The number of carbonyl (C=O) groups is 3. The Kier molecular flexibility index (Phi) is 4.68. The Morgan fingerprint density at radius 3 is 2.26 bits per heavy atom. The van der Waals surface area contributed by atoms with Crippen molar-refractivity contribution in [2.75, 3.05) is 5.32 Å². The zero-order valence-corrected chi connectivity index (χ0v) is 12.8. The Bertz CT molecular complexity index is 638. The number of rotatable bonds is 5. The summed E-state index contributed by atoms with van der Waals surface area (Å²) in [6.07, 6.45) is 1.72. The molecule has 7 heteroatoms. The van der Waals surface area contributed by atoms with Gasteiger partial charge < -0.3 is 19.9 Å². The molecule has 0 unspecified atom stereocenters. The number of esters is 2. The molecule has 1 aromatic carbocycles. The van der Waals surface area contributed by atoms with Crippen molar-refractivity contribution in [1.82, 2.24) is 0 Å². The highest BCUT2D eigenvalue weighted by atomic mass is 16.7. The Labute approximate surface area is 132 Å². The lowest BCUT2D eigenvalue weighted by atomic mass is 10.1. The summed E-state index contributed by atoms with van der Waals surface area (Å²) in [7, 11) is 0. The van der Waals surface area contributed by atoms with Gasteiger partial charge in [0.2, 0.25) is 0 Å². The Morgan fingerprint density at radius 2 is 1.74 bits per heavy atom. The quantitative estimate of drug-likeness (QED) is 0.485. The predicted molar refractivity (Wildman–Crippen MR) is 80.4 cm³/mol. The van der Waals surface area contributed by atoms with Gasteiger partial charge in [-0.3, -0.25) is 4.79 Å². The number of aryl methyl sites for hydroxylation is 1. The molecule has 7 nitrogen and oxygen atoms in total. The van der Waals surface area contributed by atoms with Crippen LogP contribution in [0.3, 0.4) is 0 Å². The third-order valence-corrected chi connectivity index (χ3v) is 3.08. The second-order valence-electron chi connectivity index (χ2n) is 5.47. The van der Waals surface area contributed by atoms with Crippen molar-refractivity contribution >= 4 is 23.6 Å². The first kappa shape index (κ1) is 16.5. The van der Waals surface area contributed by atoms with E-state index in [1.54, 1.807) is 24.3 Å². The first-order valence-corrected chi connectivity index (χ1v) is 7.01. The summed E-state index contributed by atoms with van der Waals surface area (Å²) in [5, 5.41) is 11.5. The maximum atomic E-state index is 11.8. The van der Waals surface area contributed by atoms with Crippen LogP contribution in [-0.2, 0) is 30.3 Å². The molecule has 0 aromatic heterocycles. The van der Waals surface area contributed by atoms with Crippen LogP contribution in [0.1, 0.15) is 25.8 Å². The van der Waals surface area contributed by atoms with Gasteiger partial charge >= 0.3 is 17.9 Å². The highest BCUT2D eigenvalue weighted by Crippen LogP contribution is 2.22. The van der Waals surface area contributed by atoms with E-state index >= 15 is 0 Å². The van der Waals surface area contributed by atoms with E-state index in [2.05, 4.69) is 5.32 Å². The smallest absolute Gasteiger partial charge is 0.350 e. The van der Waals surface area contributed by atoms with Crippen LogP contribution in [0.15, 0.2) is 36.0 Å². The highest BCUT2D eigenvalue weighted by molar-refractivity contribution is 6.15. The first-order chi connectivity index (χ1) is 10.8. The van der Waals surface area contributed by atoms with Gasteiger partial charge in [0.15, 0.2) is 5.57 Å². The summed E-state index contributed by atoms with van der Waals surface area (Å²) >= 11 is 0. The number of cyclic esters (lactones) is 2. The van der Waals surface area contributed by atoms with Crippen LogP contribution in [0.5, 0.6) is 0 Å². The maximum absolute atomic E-state index is 11.8. The van der Waals surface area contributed by atoms with E-state index in [9.17, 15) is 14.4 Å². The van der Waals surface area contributed by atoms with E-state index in [4.69, 9.17) is 14.6 Å². The molecule has 1 saturated heterocycles. The van der Waals surface area contributed by atoms with E-state index in [1.807, 2.05) is 0 Å². The molecule has 1 heterocycles. The Morgan fingerprint density at radius 1 is 1.17 bits per heavy atom. The standard InChI is InChI=1S/C16H17NO6/c1-16(2)22-14(20)12(15(21)23-16)9-17-11-6-3-10(4-7-11)5-8-13(18)19/h3-4,6-7,9,17H,5,8H2,1-2H3,(H,18,19). The van der Waals surface area contributed by atoms with Crippen LogP contribution < -0.4 is 5.32 Å². The minimum Gasteiger partial charge on any atom is -0.481 e. The number of aliphatic carboxylic acids is 1. The van der Waals surface area contributed by atoms with E-state index in [0.29, 0.717) is 12.1 Å². The maximum Gasteiger partial charge on any atom is 0.350 e. The molecule has 0 spiro atoms. The normalized spacial score (nSPS) is 16.3. The molecule has 0 radical (unpaired) electrons. The lowest BCUT2D eigenvalue weighted by Gasteiger charge is -2.29. The van der Waals surface area contributed by atoms with Crippen molar-refractivity contribution in [3.05, 3.63) is 41.6 Å². The molecule has 0 amide bonds. The zero-order chi connectivity index (χ0) is 17.0. The van der Waals surface area contributed by atoms with Crippen LogP contribution in [0.2, 0.25) is 0 Å². The van der Waals surface area contributed by atoms with Crippen molar-refractivity contribution in [3.63, 3.8) is 0 Å². The van der Waals surface area contributed by atoms with Gasteiger partial charge in [-0.2, -0.15) is 0 Å². The van der Waals surface area contributed by atoms with E-state index < -0.39 is 23.7 Å². The van der Waals surface area contributed by atoms with Crippen molar-refractivity contribution in [2.24, 2.45) is 0 Å². The molecule has 1 aromatic rings.